The van der Waals surface area contributed by atoms with Crippen molar-refractivity contribution in [2.75, 3.05) is 19.6 Å². The summed E-state index contributed by atoms with van der Waals surface area (Å²) in [6, 6.07) is 0.762. The molecule has 1 unspecified atom stereocenters. The van der Waals surface area contributed by atoms with Crippen LogP contribution in [0.15, 0.2) is 0 Å². The van der Waals surface area contributed by atoms with E-state index in [9.17, 15) is 9.90 Å². The molecule has 1 rings (SSSR count). The van der Waals surface area contributed by atoms with Gasteiger partial charge in [-0.3, -0.25) is 4.79 Å². The molecular formula is C15H30N2O2. The van der Waals surface area contributed by atoms with Gasteiger partial charge in [0.1, 0.15) is 5.54 Å². The largest absolute Gasteiger partial charge is 0.480 e. The maximum absolute atomic E-state index is 11.3. The van der Waals surface area contributed by atoms with Gasteiger partial charge in [-0.25, -0.2) is 0 Å². The topological polar surface area (TPSA) is 52.6 Å². The Morgan fingerprint density at radius 3 is 2.53 bits per heavy atom. The van der Waals surface area contributed by atoms with Crippen LogP contribution in [0.4, 0.5) is 0 Å². The zero-order valence-electron chi connectivity index (χ0n) is 12.9. The second-order valence-electron chi connectivity index (χ2n) is 6.39. The number of hydrogen-bond acceptors (Lipinski definition) is 3. The number of rotatable bonds is 10. The maximum Gasteiger partial charge on any atom is 0.323 e. The normalized spacial score (nSPS) is 18.8. The molecule has 19 heavy (non-hydrogen) atoms. The summed E-state index contributed by atoms with van der Waals surface area (Å²) in [6.45, 7) is 11.1. The van der Waals surface area contributed by atoms with Crippen molar-refractivity contribution >= 4 is 5.97 Å². The van der Waals surface area contributed by atoms with Crippen molar-refractivity contribution in [2.45, 2.75) is 65.0 Å². The monoisotopic (exact) mass is 270 g/mol. The van der Waals surface area contributed by atoms with Gasteiger partial charge < -0.3 is 15.3 Å². The fraction of sp³-hybridized carbons (Fsp3) is 0.933. The molecule has 0 aliphatic heterocycles. The Morgan fingerprint density at radius 2 is 2.11 bits per heavy atom. The third-order valence-electron chi connectivity index (χ3n) is 3.82. The van der Waals surface area contributed by atoms with Crippen molar-refractivity contribution in [1.82, 2.24) is 10.2 Å². The highest BCUT2D eigenvalue weighted by atomic mass is 16.4. The molecule has 0 aromatic carbocycles. The molecule has 0 spiro atoms. The van der Waals surface area contributed by atoms with Crippen LogP contribution in [0.5, 0.6) is 0 Å². The number of likely N-dealkylation sites (N-methyl/N-ethyl adjacent to an activating group) is 1. The molecule has 1 aliphatic rings. The van der Waals surface area contributed by atoms with Crippen LogP contribution in [0.2, 0.25) is 0 Å². The van der Waals surface area contributed by atoms with Crippen LogP contribution in [-0.2, 0) is 4.79 Å². The minimum absolute atomic E-state index is 0.681. The van der Waals surface area contributed by atoms with E-state index in [-0.39, 0.29) is 0 Å². The number of carboxylic acids is 1. The van der Waals surface area contributed by atoms with E-state index in [2.05, 4.69) is 24.1 Å². The summed E-state index contributed by atoms with van der Waals surface area (Å²) < 4.78 is 0. The summed E-state index contributed by atoms with van der Waals surface area (Å²) in [7, 11) is 0. The lowest BCUT2D eigenvalue weighted by molar-refractivity contribution is -0.144. The summed E-state index contributed by atoms with van der Waals surface area (Å²) in [5.41, 5.74) is -0.776. The molecule has 0 radical (unpaired) electrons. The zero-order chi connectivity index (χ0) is 14.5. The van der Waals surface area contributed by atoms with E-state index in [1.54, 1.807) is 6.92 Å². The number of nitrogens with one attached hydrogen (secondary N) is 1. The minimum atomic E-state index is -0.776. The van der Waals surface area contributed by atoms with Gasteiger partial charge in [0, 0.05) is 12.6 Å². The highest BCUT2D eigenvalue weighted by Crippen LogP contribution is 2.28. The summed E-state index contributed by atoms with van der Waals surface area (Å²) in [4.78, 5) is 13.9. The van der Waals surface area contributed by atoms with Crippen LogP contribution < -0.4 is 5.32 Å². The molecule has 4 nitrogen and oxygen atoms in total. The first kappa shape index (κ1) is 16.4. The second kappa shape index (κ2) is 7.25. The first-order valence-corrected chi connectivity index (χ1v) is 7.61. The first-order valence-electron chi connectivity index (χ1n) is 7.61. The van der Waals surface area contributed by atoms with Crippen molar-refractivity contribution in [3.63, 3.8) is 0 Å². The van der Waals surface area contributed by atoms with Crippen molar-refractivity contribution in [2.24, 2.45) is 5.92 Å². The highest BCUT2D eigenvalue weighted by Gasteiger charge is 2.33. The Balaban J connectivity index is 2.39. The highest BCUT2D eigenvalue weighted by molar-refractivity contribution is 5.78. The Morgan fingerprint density at radius 1 is 1.47 bits per heavy atom. The average molecular weight is 270 g/mol. The standard InChI is InChI=1S/C15H30N2O2/c1-5-16-15(4,14(18)19)9-6-10-17(11-12(2)3)13-7-8-13/h12-13,16H,5-11H2,1-4H3,(H,18,19). The molecule has 1 aliphatic carbocycles. The Kier molecular flexibility index (Phi) is 6.27. The van der Waals surface area contributed by atoms with Gasteiger partial charge in [0.25, 0.3) is 0 Å². The SMILES string of the molecule is CCNC(C)(CCCN(CC(C)C)C1CC1)C(=O)O. The Bertz CT molecular complexity index is 290. The molecule has 0 saturated heterocycles. The summed E-state index contributed by atoms with van der Waals surface area (Å²) >= 11 is 0. The molecule has 0 aromatic heterocycles. The predicted octanol–water partition coefficient (Wildman–Crippen LogP) is 2.34. The fourth-order valence-electron chi connectivity index (χ4n) is 2.63. The molecule has 1 saturated carbocycles. The van der Waals surface area contributed by atoms with Crippen LogP contribution in [0, 0.1) is 5.92 Å². The van der Waals surface area contributed by atoms with Gasteiger partial charge in [0.15, 0.2) is 0 Å². The smallest absolute Gasteiger partial charge is 0.323 e. The van der Waals surface area contributed by atoms with Gasteiger partial charge in [0.2, 0.25) is 0 Å². The van der Waals surface area contributed by atoms with Crippen LogP contribution in [0.1, 0.15) is 53.4 Å². The van der Waals surface area contributed by atoms with E-state index in [1.165, 1.54) is 12.8 Å². The molecule has 0 bridgehead atoms. The van der Waals surface area contributed by atoms with E-state index >= 15 is 0 Å². The van der Waals surface area contributed by atoms with Crippen molar-refractivity contribution in [3.05, 3.63) is 0 Å². The van der Waals surface area contributed by atoms with Gasteiger partial charge in [-0.1, -0.05) is 20.8 Å². The fourth-order valence-corrected chi connectivity index (χ4v) is 2.63. The molecule has 4 heteroatoms. The summed E-state index contributed by atoms with van der Waals surface area (Å²) in [5, 5.41) is 12.4. The number of carbonyl (C=O) groups is 1. The van der Waals surface area contributed by atoms with E-state index < -0.39 is 11.5 Å². The lowest BCUT2D eigenvalue weighted by atomic mass is 9.95. The summed E-state index contributed by atoms with van der Waals surface area (Å²) in [6.07, 6.45) is 4.27. The van der Waals surface area contributed by atoms with Crippen LogP contribution in [-0.4, -0.2) is 47.2 Å². The van der Waals surface area contributed by atoms with E-state index in [4.69, 9.17) is 0 Å². The van der Waals surface area contributed by atoms with Gasteiger partial charge in [-0.15, -0.1) is 0 Å². The minimum Gasteiger partial charge on any atom is -0.480 e. The third kappa shape index (κ3) is 5.49. The molecule has 0 amide bonds. The molecule has 1 atom stereocenters. The van der Waals surface area contributed by atoms with E-state index in [0.29, 0.717) is 18.9 Å². The molecular weight excluding hydrogens is 240 g/mol. The predicted molar refractivity (Wildman–Crippen MR) is 78.4 cm³/mol. The van der Waals surface area contributed by atoms with Crippen molar-refractivity contribution in [1.29, 1.82) is 0 Å². The second-order valence-corrected chi connectivity index (χ2v) is 6.39. The van der Waals surface area contributed by atoms with E-state index in [1.807, 2.05) is 6.92 Å². The quantitative estimate of drug-likeness (QED) is 0.640. The lowest BCUT2D eigenvalue weighted by Crippen LogP contribution is -2.49. The molecule has 0 heterocycles. The summed E-state index contributed by atoms with van der Waals surface area (Å²) in [5.74, 6) is -0.0589. The van der Waals surface area contributed by atoms with Crippen LogP contribution in [0.25, 0.3) is 0 Å². The third-order valence-corrected chi connectivity index (χ3v) is 3.82. The van der Waals surface area contributed by atoms with Crippen LogP contribution in [0.3, 0.4) is 0 Å². The molecule has 1 fully saturated rings. The van der Waals surface area contributed by atoms with Crippen molar-refractivity contribution < 1.29 is 9.90 Å². The first-order chi connectivity index (χ1) is 8.89. The molecule has 112 valence electrons. The average Bonchev–Trinajstić information content (AvgIpc) is 3.11. The van der Waals surface area contributed by atoms with Crippen molar-refractivity contribution in [3.8, 4) is 0 Å². The lowest BCUT2D eigenvalue weighted by Gasteiger charge is -2.28. The number of nitrogens with zero attached hydrogens (tertiary/aromatic N) is 1. The Hall–Kier alpha value is -0.610. The number of aliphatic carboxylic acids is 1. The van der Waals surface area contributed by atoms with Gasteiger partial charge in [0.05, 0.1) is 0 Å². The molecule has 2 N–H and O–H groups in total. The molecule has 0 aromatic rings. The van der Waals surface area contributed by atoms with E-state index in [0.717, 1.165) is 25.6 Å². The van der Waals surface area contributed by atoms with Gasteiger partial charge in [-0.2, -0.15) is 0 Å². The van der Waals surface area contributed by atoms with Gasteiger partial charge in [-0.05, 0) is 51.6 Å². The van der Waals surface area contributed by atoms with Crippen LogP contribution >= 0.6 is 0 Å². The number of hydrogen-bond donors (Lipinski definition) is 2. The Labute approximate surface area is 117 Å². The maximum atomic E-state index is 11.3. The number of carboxylic acid groups (broad SMARTS) is 1. The zero-order valence-corrected chi connectivity index (χ0v) is 12.9. The van der Waals surface area contributed by atoms with Gasteiger partial charge >= 0.3 is 5.97 Å².